The number of aliphatic carboxylic acids is 2. The van der Waals surface area contributed by atoms with Crippen molar-refractivity contribution in [3.05, 3.63) is 66.0 Å². The van der Waals surface area contributed by atoms with Crippen molar-refractivity contribution in [3.8, 4) is 28.6 Å². The fourth-order valence-corrected chi connectivity index (χ4v) is 2.50. The number of carbonyl (C=O) groups excluding carboxylic acids is 1. The molecule has 1 aromatic carbocycles. The van der Waals surface area contributed by atoms with E-state index in [2.05, 4.69) is 9.97 Å². The molecule has 0 radical (unpaired) electrons. The fourth-order valence-electron chi connectivity index (χ4n) is 2.50. The third-order valence-electron chi connectivity index (χ3n) is 4.31. The Morgan fingerprint density at radius 3 is 2.00 bits per heavy atom. The summed E-state index contributed by atoms with van der Waals surface area (Å²) >= 11 is 0. The van der Waals surface area contributed by atoms with E-state index < -0.39 is 24.3 Å². The van der Waals surface area contributed by atoms with E-state index >= 15 is 0 Å². The Balaban J connectivity index is 0.000000473. The van der Waals surface area contributed by atoms with Gasteiger partial charge in [-0.25, -0.2) is 14.6 Å². The summed E-state index contributed by atoms with van der Waals surface area (Å²) in [5.41, 5.74) is 2.98. The van der Waals surface area contributed by atoms with Crippen LogP contribution in [0.5, 0.6) is 17.4 Å². The minimum atomic E-state index is -5.08. The van der Waals surface area contributed by atoms with Gasteiger partial charge in [-0.15, -0.1) is 0 Å². The van der Waals surface area contributed by atoms with E-state index in [4.69, 9.17) is 34.0 Å². The van der Waals surface area contributed by atoms with Gasteiger partial charge in [-0.3, -0.25) is 9.78 Å². The van der Waals surface area contributed by atoms with Crippen LogP contribution in [0.4, 0.5) is 26.3 Å². The van der Waals surface area contributed by atoms with Crippen LogP contribution in [0.1, 0.15) is 15.9 Å². The predicted octanol–water partition coefficient (Wildman–Crippen LogP) is 4.82. The number of carboxylic acids is 2. The molecule has 3 rings (SSSR count). The summed E-state index contributed by atoms with van der Waals surface area (Å²) in [6.45, 7) is 0.245. The van der Waals surface area contributed by atoms with E-state index in [1.165, 1.54) is 19.4 Å². The number of carboxylic acid groups (broad SMARTS) is 2. The van der Waals surface area contributed by atoms with Gasteiger partial charge in [-0.05, 0) is 18.2 Å². The summed E-state index contributed by atoms with van der Waals surface area (Å²) in [5, 5.41) is 14.2. The normalized spacial score (nSPS) is 10.6. The highest BCUT2D eigenvalue weighted by atomic mass is 19.4. The molecular formula is C24H20F6N2O8. The lowest BCUT2D eigenvalue weighted by Gasteiger charge is -2.12. The summed E-state index contributed by atoms with van der Waals surface area (Å²) in [6.07, 6.45) is -6.25. The number of halogens is 6. The van der Waals surface area contributed by atoms with Crippen molar-refractivity contribution < 1.29 is 65.1 Å². The van der Waals surface area contributed by atoms with Crippen molar-refractivity contribution in [1.82, 2.24) is 9.97 Å². The minimum Gasteiger partial charge on any atom is -0.497 e. The van der Waals surface area contributed by atoms with E-state index in [-0.39, 0.29) is 6.61 Å². The standard InChI is InChI=1S/C20H18N2O4.2C2HF3O2/c1-24-17-7-3-5-14(9-17)20-15(6-4-8-21-20)13-26-18-11-22-19(25-2)10-16(18)12-23;2*3-2(4,5)1(6)7/h3-12H,13H2,1-2H3;2*(H,6,7). The first kappa shape index (κ1) is 33.1. The lowest BCUT2D eigenvalue weighted by atomic mass is 10.1. The monoisotopic (exact) mass is 578 g/mol. The second-order valence-electron chi connectivity index (χ2n) is 7.02. The lowest BCUT2D eigenvalue weighted by molar-refractivity contribution is -0.193. The number of methoxy groups -OCH3 is 2. The number of rotatable bonds is 7. The Morgan fingerprint density at radius 2 is 1.50 bits per heavy atom. The Kier molecular flexibility index (Phi) is 12.3. The van der Waals surface area contributed by atoms with Crippen LogP contribution in [0, 0.1) is 0 Å². The molecule has 16 heteroatoms. The van der Waals surface area contributed by atoms with Crippen molar-refractivity contribution in [2.45, 2.75) is 19.0 Å². The Morgan fingerprint density at radius 1 is 0.900 bits per heavy atom. The zero-order valence-electron chi connectivity index (χ0n) is 20.5. The molecule has 0 aliphatic carbocycles. The maximum Gasteiger partial charge on any atom is 0.490 e. The van der Waals surface area contributed by atoms with Crippen LogP contribution in [0.2, 0.25) is 0 Å². The van der Waals surface area contributed by atoms with Crippen LogP contribution >= 0.6 is 0 Å². The highest BCUT2D eigenvalue weighted by Crippen LogP contribution is 2.27. The van der Waals surface area contributed by atoms with Gasteiger partial charge in [0.25, 0.3) is 0 Å². The number of carbonyl (C=O) groups is 3. The molecule has 2 heterocycles. The number of aldehydes is 1. The molecule has 0 unspecified atom stereocenters. The van der Waals surface area contributed by atoms with Crippen molar-refractivity contribution >= 4 is 18.2 Å². The number of hydrogen-bond acceptors (Lipinski definition) is 8. The molecule has 216 valence electrons. The van der Waals surface area contributed by atoms with Crippen LogP contribution in [0.25, 0.3) is 11.3 Å². The second-order valence-corrected chi connectivity index (χ2v) is 7.02. The lowest BCUT2D eigenvalue weighted by Crippen LogP contribution is -2.21. The maximum atomic E-state index is 11.3. The van der Waals surface area contributed by atoms with Gasteiger partial charge in [0.05, 0.1) is 31.7 Å². The largest absolute Gasteiger partial charge is 0.497 e. The third-order valence-corrected chi connectivity index (χ3v) is 4.31. The minimum absolute atomic E-state index is 0.245. The fraction of sp³-hybridized carbons (Fsp3) is 0.208. The van der Waals surface area contributed by atoms with Gasteiger partial charge in [-0.2, -0.15) is 26.3 Å². The molecule has 0 bridgehead atoms. The van der Waals surface area contributed by atoms with Gasteiger partial charge in [0.1, 0.15) is 18.1 Å². The van der Waals surface area contributed by atoms with Crippen LogP contribution in [0.3, 0.4) is 0 Å². The quantitative estimate of drug-likeness (QED) is 0.296. The number of benzene rings is 1. The summed E-state index contributed by atoms with van der Waals surface area (Å²) in [6, 6.07) is 13.0. The number of aromatic nitrogens is 2. The van der Waals surface area contributed by atoms with Gasteiger partial charge in [0.15, 0.2) is 6.29 Å². The summed E-state index contributed by atoms with van der Waals surface area (Å²) < 4.78 is 79.6. The van der Waals surface area contributed by atoms with Crippen molar-refractivity contribution in [2.24, 2.45) is 0 Å². The molecule has 0 spiro atoms. The summed E-state index contributed by atoms with van der Waals surface area (Å²) in [5.74, 6) is -4.01. The van der Waals surface area contributed by atoms with Gasteiger partial charge in [-0.1, -0.05) is 18.2 Å². The molecule has 0 aliphatic heterocycles. The Bertz CT molecular complexity index is 1270. The van der Waals surface area contributed by atoms with Gasteiger partial charge in [0.2, 0.25) is 5.88 Å². The van der Waals surface area contributed by atoms with E-state index in [0.717, 1.165) is 22.6 Å². The summed E-state index contributed by atoms with van der Waals surface area (Å²) in [7, 11) is 3.12. The average molecular weight is 578 g/mol. The number of nitrogens with zero attached hydrogens (tertiary/aromatic N) is 2. The van der Waals surface area contributed by atoms with Gasteiger partial charge < -0.3 is 24.4 Å². The SMILES string of the molecule is COc1cccc(-c2ncccc2COc2cnc(OC)cc2C=O)c1.O=C(O)C(F)(F)F.O=C(O)C(F)(F)F. The highest BCUT2D eigenvalue weighted by Gasteiger charge is 2.38. The Hall–Kier alpha value is -4.89. The summed E-state index contributed by atoms with van der Waals surface area (Å²) in [4.78, 5) is 37.6. The highest BCUT2D eigenvalue weighted by molar-refractivity contribution is 5.79. The first-order chi connectivity index (χ1) is 18.6. The first-order valence-corrected chi connectivity index (χ1v) is 10.4. The van der Waals surface area contributed by atoms with Crippen LogP contribution < -0.4 is 14.2 Å². The smallest absolute Gasteiger partial charge is 0.490 e. The van der Waals surface area contributed by atoms with Crippen LogP contribution in [-0.2, 0) is 16.2 Å². The van der Waals surface area contributed by atoms with Crippen LogP contribution in [-0.4, -0.2) is 65.0 Å². The molecule has 0 amide bonds. The maximum absolute atomic E-state index is 11.3. The number of hydrogen-bond donors (Lipinski definition) is 2. The topological polar surface area (TPSA) is 145 Å². The van der Waals surface area contributed by atoms with E-state index in [1.54, 1.807) is 13.3 Å². The van der Waals surface area contributed by atoms with Crippen LogP contribution in [0.15, 0.2) is 54.9 Å². The first-order valence-electron chi connectivity index (χ1n) is 10.4. The zero-order chi connectivity index (χ0) is 30.5. The molecule has 40 heavy (non-hydrogen) atoms. The van der Waals surface area contributed by atoms with E-state index in [1.807, 2.05) is 36.4 Å². The zero-order valence-corrected chi connectivity index (χ0v) is 20.5. The second kappa shape index (κ2) is 14.9. The molecule has 2 aromatic heterocycles. The van der Waals surface area contributed by atoms with E-state index in [9.17, 15) is 31.1 Å². The average Bonchev–Trinajstić information content (AvgIpc) is 2.91. The number of pyridine rings is 2. The molecule has 0 atom stereocenters. The molecule has 2 N–H and O–H groups in total. The molecular weight excluding hydrogens is 558 g/mol. The van der Waals surface area contributed by atoms with Crippen molar-refractivity contribution in [2.75, 3.05) is 14.2 Å². The molecule has 0 fully saturated rings. The molecule has 0 saturated heterocycles. The van der Waals surface area contributed by atoms with Gasteiger partial charge >= 0.3 is 24.3 Å². The molecule has 0 aliphatic rings. The molecule has 0 saturated carbocycles. The third kappa shape index (κ3) is 10.8. The number of alkyl halides is 6. The molecule has 10 nitrogen and oxygen atoms in total. The molecule has 3 aromatic rings. The number of ether oxygens (including phenoxy) is 3. The van der Waals surface area contributed by atoms with Crippen molar-refractivity contribution in [3.63, 3.8) is 0 Å². The van der Waals surface area contributed by atoms with Crippen molar-refractivity contribution in [1.29, 1.82) is 0 Å². The van der Waals surface area contributed by atoms with Gasteiger partial charge in [0, 0.05) is 23.4 Å². The van der Waals surface area contributed by atoms with E-state index in [0.29, 0.717) is 23.5 Å². The predicted molar refractivity (Wildman–Crippen MR) is 124 cm³/mol. The Labute approximate surface area is 221 Å².